The van der Waals surface area contributed by atoms with Gasteiger partial charge in [-0.05, 0) is 48.6 Å². The number of hydrogen-bond donors (Lipinski definition) is 1. The predicted octanol–water partition coefficient (Wildman–Crippen LogP) is 4.78. The highest BCUT2D eigenvalue weighted by atomic mass is 19.3. The van der Waals surface area contributed by atoms with Crippen LogP contribution in [0.4, 0.5) is 13.2 Å². The van der Waals surface area contributed by atoms with Gasteiger partial charge in [0.2, 0.25) is 0 Å². The summed E-state index contributed by atoms with van der Waals surface area (Å²) in [6.45, 7) is 1.93. The Morgan fingerprint density at radius 2 is 2.04 bits per heavy atom. The van der Waals surface area contributed by atoms with Crippen LogP contribution in [0.15, 0.2) is 36.5 Å². The number of carbonyl (C=O) groups is 1. The van der Waals surface area contributed by atoms with Gasteiger partial charge in [0.25, 0.3) is 12.3 Å². The molecule has 0 aliphatic heterocycles. The van der Waals surface area contributed by atoms with Gasteiger partial charge < -0.3 is 5.32 Å². The van der Waals surface area contributed by atoms with Crippen molar-refractivity contribution in [2.45, 2.75) is 38.5 Å². The third kappa shape index (κ3) is 4.42. The van der Waals surface area contributed by atoms with E-state index in [4.69, 9.17) is 0 Å². The van der Waals surface area contributed by atoms with Crippen molar-refractivity contribution in [3.8, 4) is 0 Å². The maximum atomic E-state index is 13.6. The molecule has 1 aliphatic rings. The Morgan fingerprint density at radius 1 is 1.27 bits per heavy atom. The van der Waals surface area contributed by atoms with Crippen LogP contribution >= 0.6 is 0 Å². The molecule has 1 amide bonds. The molecule has 1 fully saturated rings. The topological polar surface area (TPSA) is 42.0 Å². The second-order valence-electron chi connectivity index (χ2n) is 6.82. The maximum Gasteiger partial charge on any atom is 0.280 e. The first-order chi connectivity index (χ1) is 12.5. The van der Waals surface area contributed by atoms with Crippen molar-refractivity contribution in [2.75, 3.05) is 6.54 Å². The molecule has 26 heavy (non-hydrogen) atoms. The van der Waals surface area contributed by atoms with Gasteiger partial charge in [0, 0.05) is 24.2 Å². The molecule has 0 spiro atoms. The summed E-state index contributed by atoms with van der Waals surface area (Å²) < 4.78 is 39.0. The summed E-state index contributed by atoms with van der Waals surface area (Å²) in [7, 11) is 0. The minimum atomic E-state index is -2.60. The number of amides is 1. The molecule has 3 rings (SSSR count). The van der Waals surface area contributed by atoms with E-state index in [1.54, 1.807) is 19.1 Å². The third-order valence-electron chi connectivity index (χ3n) is 4.84. The Morgan fingerprint density at radius 3 is 2.65 bits per heavy atom. The Kier molecular flexibility index (Phi) is 5.59. The van der Waals surface area contributed by atoms with E-state index >= 15 is 0 Å². The van der Waals surface area contributed by atoms with Crippen molar-refractivity contribution in [3.05, 3.63) is 64.7 Å². The second-order valence-corrected chi connectivity index (χ2v) is 6.82. The molecule has 1 aromatic carbocycles. The molecule has 0 bridgehead atoms. The molecule has 2 aromatic rings. The van der Waals surface area contributed by atoms with Crippen LogP contribution in [0.1, 0.15) is 58.8 Å². The Bertz CT molecular complexity index is 773. The van der Waals surface area contributed by atoms with E-state index in [0.717, 1.165) is 24.8 Å². The standard InChI is InChI=1S/C20H21F3N2O/c1-12-16(3-2-4-17(12)21)20(26)25-11-15(9-13-5-6-13)14-7-8-18(19(22)23)24-10-14/h2-4,7-8,10,13,15,19H,5-6,9,11H2,1H3,(H,25,26). The van der Waals surface area contributed by atoms with Gasteiger partial charge in [0.1, 0.15) is 11.5 Å². The highest BCUT2D eigenvalue weighted by molar-refractivity contribution is 5.95. The number of halogens is 3. The Balaban J connectivity index is 1.70. The van der Waals surface area contributed by atoms with Crippen molar-refractivity contribution >= 4 is 5.91 Å². The molecule has 0 radical (unpaired) electrons. The lowest BCUT2D eigenvalue weighted by atomic mass is 9.94. The number of nitrogens with one attached hydrogen (secondary N) is 1. The first-order valence-electron chi connectivity index (χ1n) is 8.73. The summed E-state index contributed by atoms with van der Waals surface area (Å²) in [5.74, 6) is -0.152. The molecule has 3 nitrogen and oxygen atoms in total. The highest BCUT2D eigenvalue weighted by Gasteiger charge is 2.27. The average Bonchev–Trinajstić information content (AvgIpc) is 3.45. The number of rotatable bonds is 7. The number of aromatic nitrogens is 1. The van der Waals surface area contributed by atoms with Gasteiger partial charge in [-0.1, -0.05) is 25.0 Å². The lowest BCUT2D eigenvalue weighted by Crippen LogP contribution is -2.29. The molecule has 1 aromatic heterocycles. The predicted molar refractivity (Wildman–Crippen MR) is 92.7 cm³/mol. The van der Waals surface area contributed by atoms with Gasteiger partial charge in [0.05, 0.1) is 0 Å². The minimum absolute atomic E-state index is 0.000428. The first-order valence-corrected chi connectivity index (χ1v) is 8.73. The number of pyridine rings is 1. The Hall–Kier alpha value is -2.37. The second kappa shape index (κ2) is 7.89. The van der Waals surface area contributed by atoms with Crippen LogP contribution in [0.3, 0.4) is 0 Å². The normalized spacial score (nSPS) is 15.1. The van der Waals surface area contributed by atoms with E-state index in [1.165, 1.54) is 24.4 Å². The van der Waals surface area contributed by atoms with Gasteiger partial charge in [0.15, 0.2) is 0 Å². The zero-order chi connectivity index (χ0) is 18.7. The van der Waals surface area contributed by atoms with E-state index in [-0.39, 0.29) is 17.5 Å². The summed E-state index contributed by atoms with van der Waals surface area (Å²) in [5.41, 5.74) is 1.20. The summed E-state index contributed by atoms with van der Waals surface area (Å²) in [4.78, 5) is 16.2. The zero-order valence-corrected chi connectivity index (χ0v) is 14.5. The summed E-state index contributed by atoms with van der Waals surface area (Å²) >= 11 is 0. The van der Waals surface area contributed by atoms with Gasteiger partial charge in [-0.2, -0.15) is 0 Å². The molecule has 1 N–H and O–H groups in total. The fourth-order valence-electron chi connectivity index (χ4n) is 3.05. The lowest BCUT2D eigenvalue weighted by molar-refractivity contribution is 0.0949. The zero-order valence-electron chi connectivity index (χ0n) is 14.5. The lowest BCUT2D eigenvalue weighted by Gasteiger charge is -2.18. The fraction of sp³-hybridized carbons (Fsp3) is 0.400. The molecule has 1 unspecified atom stereocenters. The molecule has 1 atom stereocenters. The maximum absolute atomic E-state index is 13.6. The van der Waals surface area contributed by atoms with E-state index in [2.05, 4.69) is 10.3 Å². The molecule has 138 valence electrons. The number of hydrogen-bond acceptors (Lipinski definition) is 2. The molecular weight excluding hydrogens is 341 g/mol. The van der Waals surface area contributed by atoms with Crippen LogP contribution < -0.4 is 5.32 Å². The SMILES string of the molecule is Cc1c(F)cccc1C(=O)NCC(CC1CC1)c1ccc(C(F)F)nc1. The van der Waals surface area contributed by atoms with Crippen molar-refractivity contribution < 1.29 is 18.0 Å². The third-order valence-corrected chi connectivity index (χ3v) is 4.84. The quantitative estimate of drug-likeness (QED) is 0.770. The van der Waals surface area contributed by atoms with Crippen LogP contribution in [-0.4, -0.2) is 17.4 Å². The van der Waals surface area contributed by atoms with E-state index in [0.29, 0.717) is 23.6 Å². The Labute approximate surface area is 150 Å². The van der Waals surface area contributed by atoms with E-state index in [9.17, 15) is 18.0 Å². The summed E-state index contributed by atoms with van der Waals surface area (Å²) in [6, 6.07) is 7.40. The number of nitrogens with zero attached hydrogens (tertiary/aromatic N) is 1. The molecule has 1 heterocycles. The van der Waals surface area contributed by atoms with Crippen molar-refractivity contribution in [3.63, 3.8) is 0 Å². The fourth-order valence-corrected chi connectivity index (χ4v) is 3.05. The number of alkyl halides is 2. The van der Waals surface area contributed by atoms with Crippen LogP contribution in [-0.2, 0) is 0 Å². The summed E-state index contributed by atoms with van der Waals surface area (Å²) in [6.07, 6.45) is 2.04. The van der Waals surface area contributed by atoms with Gasteiger partial charge in [-0.15, -0.1) is 0 Å². The van der Waals surface area contributed by atoms with Gasteiger partial charge in [-0.25, -0.2) is 13.2 Å². The van der Waals surface area contributed by atoms with Crippen molar-refractivity contribution in [2.24, 2.45) is 5.92 Å². The van der Waals surface area contributed by atoms with Gasteiger partial charge >= 0.3 is 0 Å². The number of carbonyl (C=O) groups excluding carboxylic acids is 1. The molecule has 1 aliphatic carbocycles. The minimum Gasteiger partial charge on any atom is -0.351 e. The summed E-state index contributed by atoms with van der Waals surface area (Å²) in [5, 5.41) is 2.85. The highest BCUT2D eigenvalue weighted by Crippen LogP contribution is 2.38. The largest absolute Gasteiger partial charge is 0.351 e. The monoisotopic (exact) mass is 362 g/mol. The van der Waals surface area contributed by atoms with Crippen LogP contribution in [0.5, 0.6) is 0 Å². The first kappa shape index (κ1) is 18.4. The molecule has 0 saturated heterocycles. The smallest absolute Gasteiger partial charge is 0.280 e. The van der Waals surface area contributed by atoms with Gasteiger partial charge in [-0.3, -0.25) is 9.78 Å². The van der Waals surface area contributed by atoms with E-state index in [1.807, 2.05) is 0 Å². The van der Waals surface area contributed by atoms with Crippen molar-refractivity contribution in [1.82, 2.24) is 10.3 Å². The average molecular weight is 362 g/mol. The van der Waals surface area contributed by atoms with Crippen molar-refractivity contribution in [1.29, 1.82) is 0 Å². The van der Waals surface area contributed by atoms with E-state index < -0.39 is 12.2 Å². The molecule has 6 heteroatoms. The molecule has 1 saturated carbocycles. The van der Waals surface area contributed by atoms with Crippen LogP contribution in [0.25, 0.3) is 0 Å². The van der Waals surface area contributed by atoms with Crippen LogP contribution in [0, 0.1) is 18.7 Å². The molecular formula is C20H21F3N2O. The van der Waals surface area contributed by atoms with Crippen LogP contribution in [0.2, 0.25) is 0 Å². The number of benzene rings is 1.